The fourth-order valence-electron chi connectivity index (χ4n) is 4.81. The first-order valence-corrected chi connectivity index (χ1v) is 13.3. The summed E-state index contributed by atoms with van der Waals surface area (Å²) in [6.07, 6.45) is 3.00. The van der Waals surface area contributed by atoms with Gasteiger partial charge in [0.2, 0.25) is 0 Å². The molecule has 8 heteroatoms. The van der Waals surface area contributed by atoms with Crippen LogP contribution >= 0.6 is 11.3 Å². The Morgan fingerprint density at radius 1 is 1.18 bits per heavy atom. The van der Waals surface area contributed by atoms with E-state index in [0.717, 1.165) is 75.8 Å². The molecule has 4 rings (SSSR count). The number of hydrogen-bond acceptors (Lipinski definition) is 5. The maximum Gasteiger partial charge on any atom is 0.329 e. The van der Waals surface area contributed by atoms with Crippen molar-refractivity contribution in [2.24, 2.45) is 5.92 Å². The molecule has 1 saturated heterocycles. The van der Waals surface area contributed by atoms with E-state index in [2.05, 4.69) is 24.1 Å². The number of benzene rings is 1. The summed E-state index contributed by atoms with van der Waals surface area (Å²) in [4.78, 5) is 33.6. The quantitative estimate of drug-likeness (QED) is 0.514. The first-order valence-electron chi connectivity index (χ1n) is 12.4. The Bertz CT molecular complexity index is 996. The zero-order valence-corrected chi connectivity index (χ0v) is 21.3. The van der Waals surface area contributed by atoms with Crippen molar-refractivity contribution in [1.29, 1.82) is 0 Å². The number of urea groups is 1. The summed E-state index contributed by atoms with van der Waals surface area (Å²) in [5, 5.41) is 4.82. The number of fused-ring (bicyclic) bond motifs is 2. The number of likely N-dealkylation sites (tertiary alicyclic amines) is 1. The lowest BCUT2D eigenvalue weighted by molar-refractivity contribution is 0.0876. The Hall–Kier alpha value is -2.42. The first kappa shape index (κ1) is 24.7. The molecule has 0 atom stereocenters. The van der Waals surface area contributed by atoms with Crippen LogP contribution in [-0.2, 0) is 4.74 Å². The number of amides is 3. The molecule has 0 radical (unpaired) electrons. The third-order valence-corrected chi connectivity index (χ3v) is 7.90. The van der Waals surface area contributed by atoms with Crippen LogP contribution < -0.4 is 10.2 Å². The zero-order chi connectivity index (χ0) is 24.1. The molecule has 0 unspecified atom stereocenters. The molecule has 1 aromatic heterocycles. The van der Waals surface area contributed by atoms with Gasteiger partial charge >= 0.3 is 6.03 Å². The summed E-state index contributed by atoms with van der Waals surface area (Å²) in [6, 6.07) is 7.49. The first-order chi connectivity index (χ1) is 16.5. The molecule has 1 N–H and O–H groups in total. The van der Waals surface area contributed by atoms with Crippen molar-refractivity contribution in [2.75, 3.05) is 56.2 Å². The Morgan fingerprint density at radius 3 is 2.65 bits per heavy atom. The van der Waals surface area contributed by atoms with Gasteiger partial charge in [0, 0.05) is 36.5 Å². The van der Waals surface area contributed by atoms with Gasteiger partial charge in [-0.15, -0.1) is 11.3 Å². The smallest absolute Gasteiger partial charge is 0.329 e. The number of hydrogen-bond donors (Lipinski definition) is 1. The number of carbonyl (C=O) groups is 2. The van der Waals surface area contributed by atoms with Crippen LogP contribution in [0.25, 0.3) is 0 Å². The van der Waals surface area contributed by atoms with Crippen molar-refractivity contribution in [3.05, 3.63) is 40.1 Å². The molecule has 0 aliphatic carbocycles. The number of anilines is 3. The highest BCUT2D eigenvalue weighted by Crippen LogP contribution is 2.43. The summed E-state index contributed by atoms with van der Waals surface area (Å²) < 4.78 is 5.88. The number of carbonyl (C=O) groups excluding carboxylic acids is 2. The lowest BCUT2D eigenvalue weighted by atomic mass is 9.94. The lowest BCUT2D eigenvalue weighted by Crippen LogP contribution is -2.45. The highest BCUT2D eigenvalue weighted by Gasteiger charge is 2.35. The maximum atomic E-state index is 13.8. The molecule has 2 aliphatic rings. The summed E-state index contributed by atoms with van der Waals surface area (Å²) in [5.41, 5.74) is 2.66. The van der Waals surface area contributed by atoms with E-state index in [1.54, 1.807) is 4.90 Å². The number of nitrogens with one attached hydrogen (secondary N) is 1. The van der Waals surface area contributed by atoms with Crippen molar-refractivity contribution >= 4 is 40.3 Å². The van der Waals surface area contributed by atoms with E-state index in [4.69, 9.17) is 4.74 Å². The Morgan fingerprint density at radius 2 is 1.91 bits per heavy atom. The lowest BCUT2D eigenvalue weighted by Gasteiger charge is -2.36. The standard InChI is InChI=1S/C26H36N4O3S/c1-4-28(5-2)15-17-33-16-12-20-10-13-29(14-11-20)26(32)30-23-9-7-6-8-22(23)27-25(31)21-18-34-19(3)24(21)30/h6-9,18,20H,4-5,10-17H2,1-3H3,(H,27,31). The van der Waals surface area contributed by atoms with E-state index in [0.29, 0.717) is 22.9 Å². The van der Waals surface area contributed by atoms with Crippen LogP contribution in [0.1, 0.15) is 48.3 Å². The third kappa shape index (κ3) is 5.29. The van der Waals surface area contributed by atoms with Crippen LogP contribution in [0.15, 0.2) is 29.6 Å². The number of ether oxygens (including phenoxy) is 1. The van der Waals surface area contributed by atoms with E-state index in [1.165, 1.54) is 11.3 Å². The zero-order valence-electron chi connectivity index (χ0n) is 20.5. The molecular weight excluding hydrogens is 448 g/mol. The van der Waals surface area contributed by atoms with E-state index in [1.807, 2.05) is 41.5 Å². The second-order valence-corrected chi connectivity index (χ2v) is 10.1. The van der Waals surface area contributed by atoms with Gasteiger partial charge in [-0.2, -0.15) is 0 Å². The second-order valence-electron chi connectivity index (χ2n) is 9.00. The number of rotatable bonds is 8. The highest BCUT2D eigenvalue weighted by atomic mass is 32.1. The fourth-order valence-corrected chi connectivity index (χ4v) is 5.64. The number of para-hydroxylation sites is 2. The summed E-state index contributed by atoms with van der Waals surface area (Å²) >= 11 is 1.50. The van der Waals surface area contributed by atoms with Crippen LogP contribution in [0.3, 0.4) is 0 Å². The average Bonchev–Trinajstić information content (AvgIpc) is 3.18. The van der Waals surface area contributed by atoms with Gasteiger partial charge in [0.1, 0.15) is 0 Å². The minimum atomic E-state index is -0.165. The SMILES string of the molecule is CCN(CC)CCOCCC1CCN(C(=O)N2c3ccccc3NC(=O)c3csc(C)c32)CC1. The van der Waals surface area contributed by atoms with Gasteiger partial charge in [0.05, 0.1) is 29.2 Å². The van der Waals surface area contributed by atoms with Gasteiger partial charge in [0.15, 0.2) is 0 Å². The molecule has 0 saturated carbocycles. The number of aryl methyl sites for hydroxylation is 1. The van der Waals surface area contributed by atoms with Gasteiger partial charge < -0.3 is 19.9 Å². The summed E-state index contributed by atoms with van der Waals surface area (Å²) in [6.45, 7) is 12.4. The van der Waals surface area contributed by atoms with Crippen molar-refractivity contribution in [1.82, 2.24) is 9.80 Å². The van der Waals surface area contributed by atoms with E-state index >= 15 is 0 Å². The van der Waals surface area contributed by atoms with Gasteiger partial charge in [0.25, 0.3) is 5.91 Å². The number of piperidine rings is 1. The molecule has 3 amide bonds. The molecule has 0 spiro atoms. The summed E-state index contributed by atoms with van der Waals surface area (Å²) in [5.74, 6) is 0.414. The van der Waals surface area contributed by atoms with Crippen LogP contribution in [0.2, 0.25) is 0 Å². The van der Waals surface area contributed by atoms with E-state index < -0.39 is 0 Å². The van der Waals surface area contributed by atoms with E-state index in [-0.39, 0.29) is 11.9 Å². The van der Waals surface area contributed by atoms with Crippen molar-refractivity contribution < 1.29 is 14.3 Å². The Kier molecular flexibility index (Phi) is 8.24. The molecule has 3 heterocycles. The maximum absolute atomic E-state index is 13.8. The topological polar surface area (TPSA) is 65.1 Å². The fraction of sp³-hybridized carbons (Fsp3) is 0.538. The monoisotopic (exact) mass is 484 g/mol. The Balaban J connectivity index is 1.38. The number of thiophene rings is 1. The van der Waals surface area contributed by atoms with Gasteiger partial charge in [-0.1, -0.05) is 26.0 Å². The molecule has 2 aliphatic heterocycles. The van der Waals surface area contributed by atoms with Crippen LogP contribution in [0.5, 0.6) is 0 Å². The minimum absolute atomic E-state index is 0.0550. The van der Waals surface area contributed by atoms with E-state index in [9.17, 15) is 9.59 Å². The van der Waals surface area contributed by atoms with Crippen LogP contribution in [0, 0.1) is 12.8 Å². The number of nitrogens with zero attached hydrogens (tertiary/aromatic N) is 3. The molecule has 1 fully saturated rings. The highest BCUT2D eigenvalue weighted by molar-refractivity contribution is 7.11. The second kappa shape index (κ2) is 11.3. The average molecular weight is 485 g/mol. The third-order valence-electron chi connectivity index (χ3n) is 7.00. The molecule has 34 heavy (non-hydrogen) atoms. The molecule has 7 nitrogen and oxygen atoms in total. The van der Waals surface area contributed by atoms with Crippen molar-refractivity contribution in [2.45, 2.75) is 40.0 Å². The molecule has 1 aromatic carbocycles. The summed E-state index contributed by atoms with van der Waals surface area (Å²) in [7, 11) is 0. The Labute approximate surface area is 206 Å². The predicted octanol–water partition coefficient (Wildman–Crippen LogP) is 5.34. The van der Waals surface area contributed by atoms with Gasteiger partial charge in [-0.25, -0.2) is 4.79 Å². The predicted molar refractivity (Wildman–Crippen MR) is 139 cm³/mol. The van der Waals surface area contributed by atoms with Gasteiger partial charge in [-0.05, 0) is 57.3 Å². The minimum Gasteiger partial charge on any atom is -0.380 e. The molecule has 0 bridgehead atoms. The normalized spacial score (nSPS) is 16.3. The largest absolute Gasteiger partial charge is 0.380 e. The molecule has 2 aromatic rings. The van der Waals surface area contributed by atoms with Crippen LogP contribution in [-0.4, -0.2) is 67.7 Å². The van der Waals surface area contributed by atoms with Crippen molar-refractivity contribution in [3.8, 4) is 0 Å². The van der Waals surface area contributed by atoms with Crippen LogP contribution in [0.4, 0.5) is 21.9 Å². The van der Waals surface area contributed by atoms with Crippen molar-refractivity contribution in [3.63, 3.8) is 0 Å². The molecule has 184 valence electrons. The molecular formula is C26H36N4O3S. The number of likely N-dealkylation sites (N-methyl/N-ethyl adjacent to an activating group) is 1. The van der Waals surface area contributed by atoms with Gasteiger partial charge in [-0.3, -0.25) is 9.69 Å².